The van der Waals surface area contributed by atoms with Gasteiger partial charge in [0.1, 0.15) is 17.3 Å². The molecule has 0 saturated carbocycles. The van der Waals surface area contributed by atoms with Gasteiger partial charge in [-0.3, -0.25) is 14.5 Å². The average Bonchev–Trinajstić information content (AvgIpc) is 3.71. The van der Waals surface area contributed by atoms with E-state index in [2.05, 4.69) is 10.2 Å². The molecule has 0 saturated heterocycles. The summed E-state index contributed by atoms with van der Waals surface area (Å²) in [6.07, 6.45) is 0. The van der Waals surface area contributed by atoms with Gasteiger partial charge in [0.2, 0.25) is 10.9 Å². The summed E-state index contributed by atoms with van der Waals surface area (Å²) in [7, 11) is 0. The van der Waals surface area contributed by atoms with Crippen LogP contribution in [0, 0.1) is 6.92 Å². The number of amides is 1. The Balaban J connectivity index is 1.37. The molecule has 0 fully saturated rings. The predicted molar refractivity (Wildman–Crippen MR) is 157 cm³/mol. The number of rotatable bonds is 9. The number of nitrogens with zero attached hydrogens (tertiary/aromatic N) is 3. The Morgan fingerprint density at radius 2 is 1.71 bits per heavy atom. The molecule has 6 rings (SSSR count). The fraction of sp³-hybridized carbons (Fsp3) is 0.0968. The van der Waals surface area contributed by atoms with Crippen molar-refractivity contribution < 1.29 is 23.8 Å². The minimum Gasteiger partial charge on any atom is -0.503 e. The normalized spacial score (nSPS) is 15.0. The van der Waals surface area contributed by atoms with Crippen LogP contribution in [0.5, 0.6) is 11.5 Å². The average molecular weight is 582 g/mol. The van der Waals surface area contributed by atoms with Crippen molar-refractivity contribution in [2.75, 3.05) is 4.90 Å². The van der Waals surface area contributed by atoms with Gasteiger partial charge < -0.3 is 14.3 Å². The number of Topliss-reactive ketones (excluding diaryl/α,β-unsaturated/α-hetero) is 1. The van der Waals surface area contributed by atoms with E-state index in [4.69, 9.17) is 9.15 Å². The minimum absolute atomic E-state index is 0.0248. The zero-order chi connectivity index (χ0) is 28.3. The van der Waals surface area contributed by atoms with Crippen LogP contribution < -0.4 is 9.64 Å². The number of aliphatic hydroxyl groups excluding tert-OH is 1. The second-order valence-corrected chi connectivity index (χ2v) is 11.4. The van der Waals surface area contributed by atoms with Gasteiger partial charge in [-0.05, 0) is 54.4 Å². The van der Waals surface area contributed by atoms with Crippen molar-refractivity contribution in [3.05, 3.63) is 131 Å². The third-order valence-corrected chi connectivity index (χ3v) is 8.50. The maximum absolute atomic E-state index is 13.7. The largest absolute Gasteiger partial charge is 0.503 e. The van der Waals surface area contributed by atoms with Crippen LogP contribution in [0.25, 0.3) is 0 Å². The highest BCUT2D eigenvalue weighted by Gasteiger charge is 2.46. The number of hydrogen-bond donors (Lipinski definition) is 1. The third kappa shape index (κ3) is 5.52. The highest BCUT2D eigenvalue weighted by molar-refractivity contribution is 8.00. The molecular weight excluding hydrogens is 558 g/mol. The van der Waals surface area contributed by atoms with E-state index in [0.29, 0.717) is 32.9 Å². The molecule has 1 unspecified atom stereocenters. The molecule has 2 aromatic heterocycles. The summed E-state index contributed by atoms with van der Waals surface area (Å²) in [5.41, 5.74) is 1.58. The number of hydrogen-bond acceptors (Lipinski definition) is 9. The molecule has 204 valence electrons. The van der Waals surface area contributed by atoms with E-state index in [-0.39, 0.29) is 16.5 Å². The van der Waals surface area contributed by atoms with Crippen molar-refractivity contribution in [1.29, 1.82) is 0 Å². The SMILES string of the molecule is Cc1ccc(C(=O)C2=C(O)C(=O)N(c3nnc(SCc4ccccc4)s3)C2c2cccc(Oc3ccccc3)c2)o1. The van der Waals surface area contributed by atoms with Gasteiger partial charge in [0, 0.05) is 5.75 Å². The topological polar surface area (TPSA) is 106 Å². The lowest BCUT2D eigenvalue weighted by atomic mass is 9.95. The molecule has 1 amide bonds. The van der Waals surface area contributed by atoms with Crippen LogP contribution in [0.3, 0.4) is 0 Å². The Morgan fingerprint density at radius 3 is 2.44 bits per heavy atom. The summed E-state index contributed by atoms with van der Waals surface area (Å²) >= 11 is 2.71. The first kappa shape index (κ1) is 26.5. The summed E-state index contributed by atoms with van der Waals surface area (Å²) in [5.74, 6) is 0.387. The molecular formula is C31H23N3O5S2. The van der Waals surface area contributed by atoms with Gasteiger partial charge in [-0.25, -0.2) is 0 Å². The van der Waals surface area contributed by atoms with Crippen molar-refractivity contribution in [1.82, 2.24) is 10.2 Å². The fourth-order valence-electron chi connectivity index (χ4n) is 4.49. The molecule has 1 aliphatic heterocycles. The zero-order valence-electron chi connectivity index (χ0n) is 21.8. The standard InChI is InChI=1S/C31H23N3O5S2/c1-19-15-16-24(38-19)27(35)25-26(21-11-8-14-23(17-21)39-22-12-6-3-7-13-22)34(29(37)28(25)36)30-32-33-31(41-30)40-18-20-9-4-2-5-10-20/h2-17,26,36H,18H2,1H3. The molecule has 0 radical (unpaired) electrons. The first-order chi connectivity index (χ1) is 20.0. The minimum atomic E-state index is -0.986. The van der Waals surface area contributed by atoms with Crippen LogP contribution in [0.4, 0.5) is 5.13 Å². The van der Waals surface area contributed by atoms with Crippen molar-refractivity contribution >= 4 is 39.9 Å². The lowest BCUT2D eigenvalue weighted by molar-refractivity contribution is -0.117. The highest BCUT2D eigenvalue weighted by atomic mass is 32.2. The highest BCUT2D eigenvalue weighted by Crippen LogP contribution is 2.44. The first-order valence-corrected chi connectivity index (χ1v) is 14.5. The maximum Gasteiger partial charge on any atom is 0.296 e. The number of thioether (sulfide) groups is 1. The monoisotopic (exact) mass is 581 g/mol. The van der Waals surface area contributed by atoms with Gasteiger partial charge in [-0.1, -0.05) is 83.8 Å². The molecule has 1 atom stereocenters. The molecule has 0 spiro atoms. The molecule has 10 heteroatoms. The van der Waals surface area contributed by atoms with Crippen LogP contribution in [0.2, 0.25) is 0 Å². The number of ketones is 1. The summed E-state index contributed by atoms with van der Waals surface area (Å²) in [5, 5.41) is 19.9. The van der Waals surface area contributed by atoms with Crippen LogP contribution in [-0.2, 0) is 10.5 Å². The number of aliphatic hydroxyl groups is 1. The number of benzene rings is 3. The number of furan rings is 1. The molecule has 3 heterocycles. The van der Waals surface area contributed by atoms with Gasteiger partial charge in [-0.2, -0.15) is 0 Å². The Labute approximate surface area is 243 Å². The lowest BCUT2D eigenvalue weighted by Gasteiger charge is -2.24. The van der Waals surface area contributed by atoms with Crippen LogP contribution >= 0.6 is 23.1 Å². The summed E-state index contributed by atoms with van der Waals surface area (Å²) < 4.78 is 12.2. The predicted octanol–water partition coefficient (Wildman–Crippen LogP) is 7.31. The zero-order valence-corrected chi connectivity index (χ0v) is 23.4. The number of aromatic nitrogens is 2. The first-order valence-electron chi connectivity index (χ1n) is 12.7. The fourth-order valence-corrected chi connectivity index (χ4v) is 6.31. The van der Waals surface area contributed by atoms with E-state index in [0.717, 1.165) is 5.56 Å². The van der Waals surface area contributed by atoms with E-state index >= 15 is 0 Å². The smallest absolute Gasteiger partial charge is 0.296 e. The van der Waals surface area contributed by atoms with Crippen LogP contribution in [-0.4, -0.2) is 27.0 Å². The summed E-state index contributed by atoms with van der Waals surface area (Å²) in [4.78, 5) is 28.5. The van der Waals surface area contributed by atoms with E-state index in [9.17, 15) is 14.7 Å². The van der Waals surface area contributed by atoms with Gasteiger partial charge in [-0.15, -0.1) is 10.2 Å². The van der Waals surface area contributed by atoms with Crippen molar-refractivity contribution in [2.24, 2.45) is 0 Å². The van der Waals surface area contributed by atoms with E-state index in [1.54, 1.807) is 37.3 Å². The second-order valence-electron chi connectivity index (χ2n) is 9.19. The van der Waals surface area contributed by atoms with Gasteiger partial charge >= 0.3 is 0 Å². The molecule has 8 nitrogen and oxygen atoms in total. The molecule has 0 bridgehead atoms. The number of carbonyl (C=O) groups is 2. The van der Waals surface area contributed by atoms with E-state index in [1.165, 1.54) is 34.1 Å². The van der Waals surface area contributed by atoms with Gasteiger partial charge in [0.15, 0.2) is 15.9 Å². The van der Waals surface area contributed by atoms with Crippen molar-refractivity contribution in [2.45, 2.75) is 23.1 Å². The number of anilines is 1. The molecule has 1 N–H and O–H groups in total. The number of aryl methyl sites for hydroxylation is 1. The van der Waals surface area contributed by atoms with Crippen molar-refractivity contribution in [3.8, 4) is 11.5 Å². The molecule has 5 aromatic rings. The van der Waals surface area contributed by atoms with E-state index in [1.807, 2.05) is 60.7 Å². The Morgan fingerprint density at radius 1 is 0.976 bits per heavy atom. The number of carbonyl (C=O) groups excluding carboxylic acids is 2. The quantitative estimate of drug-likeness (QED) is 0.110. The summed E-state index contributed by atoms with van der Waals surface area (Å²) in [6, 6.07) is 28.5. The molecule has 1 aliphatic rings. The third-order valence-electron chi connectivity index (χ3n) is 6.38. The second kappa shape index (κ2) is 11.4. The Bertz CT molecular complexity index is 1750. The van der Waals surface area contributed by atoms with Crippen molar-refractivity contribution in [3.63, 3.8) is 0 Å². The van der Waals surface area contributed by atoms with Crippen LogP contribution in [0.1, 0.15) is 33.5 Å². The molecule has 0 aliphatic carbocycles. The van der Waals surface area contributed by atoms with E-state index < -0.39 is 23.5 Å². The molecule has 41 heavy (non-hydrogen) atoms. The number of ether oxygens (including phenoxy) is 1. The van der Waals surface area contributed by atoms with Gasteiger partial charge in [0.05, 0.1) is 11.6 Å². The number of para-hydroxylation sites is 1. The maximum atomic E-state index is 13.7. The Kier molecular flexibility index (Phi) is 7.41. The molecule has 3 aromatic carbocycles. The summed E-state index contributed by atoms with van der Waals surface area (Å²) in [6.45, 7) is 1.72. The van der Waals surface area contributed by atoms with Gasteiger partial charge in [0.25, 0.3) is 5.91 Å². The van der Waals surface area contributed by atoms with Crippen LogP contribution in [0.15, 0.2) is 117 Å². The lowest BCUT2D eigenvalue weighted by Crippen LogP contribution is -2.31. The Hall–Kier alpha value is -4.67.